The van der Waals surface area contributed by atoms with Crippen LogP contribution in [0.15, 0.2) is 0 Å². The Bertz CT molecular complexity index is 332. The van der Waals surface area contributed by atoms with E-state index in [2.05, 4.69) is 0 Å². The van der Waals surface area contributed by atoms with Crippen LogP contribution in [0.25, 0.3) is 0 Å². The quantitative estimate of drug-likeness (QED) is 0.659. The van der Waals surface area contributed by atoms with Gasteiger partial charge in [0.1, 0.15) is 0 Å². The number of hydrogen-bond acceptors (Lipinski definition) is 4. The van der Waals surface area contributed by atoms with Crippen molar-refractivity contribution in [1.29, 1.82) is 0 Å². The van der Waals surface area contributed by atoms with Gasteiger partial charge in [-0.15, -0.1) is 0 Å². The molecule has 0 bridgehead atoms. The fourth-order valence-electron chi connectivity index (χ4n) is 2.34. The van der Waals surface area contributed by atoms with Crippen molar-refractivity contribution in [3.63, 3.8) is 0 Å². The van der Waals surface area contributed by atoms with Crippen molar-refractivity contribution in [3.8, 4) is 0 Å². The van der Waals surface area contributed by atoms with Crippen LogP contribution in [-0.2, 0) is 14.4 Å². The van der Waals surface area contributed by atoms with Gasteiger partial charge in [0.2, 0.25) is 17.7 Å². The maximum Gasteiger partial charge on any atom is 0.230 e. The Morgan fingerprint density at radius 1 is 1.18 bits per heavy atom. The van der Waals surface area contributed by atoms with Crippen LogP contribution in [0.4, 0.5) is 0 Å². The number of primary amides is 1. The van der Waals surface area contributed by atoms with Crippen LogP contribution in [0.2, 0.25) is 0 Å². The second-order valence-corrected chi connectivity index (χ2v) is 4.65. The third kappa shape index (κ3) is 2.63. The number of rotatable bonds is 3. The number of nitrogens with zero attached hydrogens (tertiary/aromatic N) is 2. The molecule has 94 valence electrons. The van der Waals surface area contributed by atoms with Crippen molar-refractivity contribution >= 4 is 17.7 Å². The monoisotopic (exact) mass is 239 g/mol. The summed E-state index contributed by atoms with van der Waals surface area (Å²) in [5.41, 5.74) is 5.24. The molecule has 3 amide bonds. The molecule has 2 fully saturated rings. The summed E-state index contributed by atoms with van der Waals surface area (Å²) >= 11 is 0. The third-order valence-corrected chi connectivity index (χ3v) is 3.49. The molecule has 2 aliphatic rings. The fraction of sp³-hybridized carbons (Fsp3) is 0.727. The average molecular weight is 239 g/mol. The summed E-state index contributed by atoms with van der Waals surface area (Å²) in [6.45, 7) is 1.79. The normalized spacial score (nSPS) is 23.4. The lowest BCUT2D eigenvalue weighted by Crippen LogP contribution is -2.45. The molecule has 0 saturated carbocycles. The van der Waals surface area contributed by atoms with E-state index >= 15 is 0 Å². The zero-order valence-corrected chi connectivity index (χ0v) is 9.72. The van der Waals surface area contributed by atoms with E-state index in [1.54, 1.807) is 0 Å². The van der Waals surface area contributed by atoms with Gasteiger partial charge in [-0.05, 0) is 12.8 Å². The smallest absolute Gasteiger partial charge is 0.230 e. The van der Waals surface area contributed by atoms with Gasteiger partial charge in [0.05, 0.1) is 6.67 Å². The minimum Gasteiger partial charge on any atom is -0.369 e. The van der Waals surface area contributed by atoms with Crippen LogP contribution in [0.3, 0.4) is 0 Å². The third-order valence-electron chi connectivity index (χ3n) is 3.49. The molecule has 2 heterocycles. The predicted molar refractivity (Wildman–Crippen MR) is 59.4 cm³/mol. The highest BCUT2D eigenvalue weighted by molar-refractivity contribution is 6.01. The Morgan fingerprint density at radius 2 is 1.71 bits per heavy atom. The molecule has 17 heavy (non-hydrogen) atoms. The topological polar surface area (TPSA) is 83.7 Å². The number of likely N-dealkylation sites (tertiary alicyclic amines) is 2. The molecule has 0 radical (unpaired) electrons. The van der Waals surface area contributed by atoms with Crippen LogP contribution in [0.1, 0.15) is 25.7 Å². The number of piperidine rings is 1. The molecular formula is C11H17N3O3. The molecule has 2 saturated heterocycles. The number of nitrogens with two attached hydrogens (primary N) is 1. The zero-order valence-electron chi connectivity index (χ0n) is 9.72. The first-order valence-electron chi connectivity index (χ1n) is 5.93. The maximum absolute atomic E-state index is 11.4. The molecular weight excluding hydrogens is 222 g/mol. The van der Waals surface area contributed by atoms with Crippen molar-refractivity contribution in [3.05, 3.63) is 0 Å². The Kier molecular flexibility index (Phi) is 3.42. The Labute approximate surface area is 99.7 Å². The molecule has 2 aliphatic heterocycles. The SMILES string of the molecule is NC(=O)C1CCN(CN2C(=O)CCC2=O)CC1. The minimum atomic E-state index is -0.252. The van der Waals surface area contributed by atoms with Crippen LogP contribution in [0.5, 0.6) is 0 Å². The van der Waals surface area contributed by atoms with Gasteiger partial charge < -0.3 is 5.73 Å². The van der Waals surface area contributed by atoms with E-state index < -0.39 is 0 Å². The zero-order chi connectivity index (χ0) is 12.4. The van der Waals surface area contributed by atoms with Crippen LogP contribution < -0.4 is 5.73 Å². The number of carbonyl (C=O) groups is 3. The molecule has 0 atom stereocenters. The Hall–Kier alpha value is -1.43. The van der Waals surface area contributed by atoms with E-state index in [1.807, 2.05) is 4.90 Å². The van der Waals surface area contributed by atoms with Gasteiger partial charge >= 0.3 is 0 Å². The fourth-order valence-corrected chi connectivity index (χ4v) is 2.34. The van der Waals surface area contributed by atoms with E-state index in [-0.39, 0.29) is 23.6 Å². The van der Waals surface area contributed by atoms with Crippen molar-refractivity contribution < 1.29 is 14.4 Å². The molecule has 6 nitrogen and oxygen atoms in total. The largest absolute Gasteiger partial charge is 0.369 e. The van der Waals surface area contributed by atoms with Crippen molar-refractivity contribution in [2.45, 2.75) is 25.7 Å². The number of imide groups is 1. The van der Waals surface area contributed by atoms with Crippen LogP contribution in [-0.4, -0.2) is 47.3 Å². The van der Waals surface area contributed by atoms with Gasteiger partial charge in [0.15, 0.2) is 0 Å². The van der Waals surface area contributed by atoms with E-state index in [0.29, 0.717) is 45.4 Å². The minimum absolute atomic E-state index is 0.0590. The lowest BCUT2D eigenvalue weighted by molar-refractivity contribution is -0.141. The molecule has 0 unspecified atom stereocenters. The first kappa shape index (κ1) is 12.0. The maximum atomic E-state index is 11.4. The summed E-state index contributed by atoms with van der Waals surface area (Å²) in [6, 6.07) is 0. The number of amides is 3. The number of hydrogen-bond donors (Lipinski definition) is 1. The lowest BCUT2D eigenvalue weighted by Gasteiger charge is -2.32. The summed E-state index contributed by atoms with van der Waals surface area (Å²) < 4.78 is 0. The molecule has 0 aliphatic carbocycles. The van der Waals surface area contributed by atoms with Gasteiger partial charge in [0, 0.05) is 31.8 Å². The standard InChI is InChI=1S/C11H17N3O3/c12-11(17)8-3-5-13(6-4-8)7-14-9(15)1-2-10(14)16/h8H,1-7H2,(H2,12,17). The molecule has 0 aromatic heterocycles. The van der Waals surface area contributed by atoms with E-state index in [9.17, 15) is 14.4 Å². The van der Waals surface area contributed by atoms with Gasteiger partial charge in [0.25, 0.3) is 0 Å². The number of carbonyl (C=O) groups excluding carboxylic acids is 3. The summed E-state index contributed by atoms with van der Waals surface area (Å²) in [5, 5.41) is 0. The van der Waals surface area contributed by atoms with Crippen molar-refractivity contribution in [1.82, 2.24) is 9.80 Å². The highest BCUT2D eigenvalue weighted by atomic mass is 16.2. The average Bonchev–Trinajstić information content (AvgIpc) is 2.61. The summed E-state index contributed by atoms with van der Waals surface area (Å²) in [4.78, 5) is 37.2. The predicted octanol–water partition coefficient (Wildman–Crippen LogP) is -0.710. The molecule has 0 aromatic rings. The van der Waals surface area contributed by atoms with Crippen molar-refractivity contribution in [2.24, 2.45) is 11.7 Å². The van der Waals surface area contributed by atoms with Gasteiger partial charge in [-0.2, -0.15) is 0 Å². The second-order valence-electron chi connectivity index (χ2n) is 4.65. The summed E-state index contributed by atoms with van der Waals surface area (Å²) in [6.07, 6.45) is 2.09. The van der Waals surface area contributed by atoms with Crippen molar-refractivity contribution in [2.75, 3.05) is 19.8 Å². The summed E-state index contributed by atoms with van der Waals surface area (Å²) in [7, 11) is 0. The molecule has 6 heteroatoms. The molecule has 2 N–H and O–H groups in total. The Balaban J connectivity index is 1.84. The lowest BCUT2D eigenvalue weighted by atomic mass is 9.97. The molecule has 2 rings (SSSR count). The highest BCUT2D eigenvalue weighted by Gasteiger charge is 2.31. The van der Waals surface area contributed by atoms with E-state index in [4.69, 9.17) is 5.73 Å². The first-order chi connectivity index (χ1) is 8.08. The highest BCUT2D eigenvalue weighted by Crippen LogP contribution is 2.19. The van der Waals surface area contributed by atoms with Gasteiger partial charge in [-0.3, -0.25) is 24.2 Å². The van der Waals surface area contributed by atoms with Crippen LogP contribution in [0, 0.1) is 5.92 Å². The van der Waals surface area contributed by atoms with Crippen LogP contribution >= 0.6 is 0 Å². The molecule has 0 spiro atoms. The van der Waals surface area contributed by atoms with Gasteiger partial charge in [-0.25, -0.2) is 0 Å². The Morgan fingerprint density at radius 3 is 2.18 bits per heavy atom. The second kappa shape index (κ2) is 4.83. The molecule has 0 aromatic carbocycles. The van der Waals surface area contributed by atoms with E-state index in [0.717, 1.165) is 0 Å². The first-order valence-corrected chi connectivity index (χ1v) is 5.93. The van der Waals surface area contributed by atoms with E-state index in [1.165, 1.54) is 4.90 Å². The van der Waals surface area contributed by atoms with Gasteiger partial charge in [-0.1, -0.05) is 0 Å². The summed E-state index contributed by atoms with van der Waals surface area (Å²) in [5.74, 6) is -0.492.